The number of nitrogens with one attached hydrogen (secondary N) is 1. The lowest BCUT2D eigenvalue weighted by molar-refractivity contribution is -0.124. The summed E-state index contributed by atoms with van der Waals surface area (Å²) < 4.78 is 0. The Bertz CT molecular complexity index is 998. The zero-order chi connectivity index (χ0) is 48.6. The van der Waals surface area contributed by atoms with E-state index in [0.717, 1.165) is 44.9 Å². The van der Waals surface area contributed by atoms with Crippen molar-refractivity contribution in [3.05, 3.63) is 24.3 Å². The summed E-state index contributed by atoms with van der Waals surface area (Å²) in [5, 5.41) is 33.8. The minimum atomic E-state index is -1.17. The molecular weight excluding hydrogens is 823 g/mol. The van der Waals surface area contributed by atoms with E-state index in [1.807, 2.05) is 0 Å². The second-order valence-corrected chi connectivity index (χ2v) is 21.3. The maximum atomic E-state index is 12.5. The van der Waals surface area contributed by atoms with Crippen molar-refractivity contribution in [3.8, 4) is 0 Å². The smallest absolute Gasteiger partial charge is 0.220 e. The lowest BCUT2D eigenvalue weighted by Crippen LogP contribution is -2.50. The summed E-state index contributed by atoms with van der Waals surface area (Å²) in [4.78, 5) is 12.5. The second kappa shape index (κ2) is 57.4. The fourth-order valence-electron chi connectivity index (χ4n) is 9.83. The summed E-state index contributed by atoms with van der Waals surface area (Å²) in [6, 6.07) is -0.831. The molecule has 1 amide bonds. The van der Waals surface area contributed by atoms with Gasteiger partial charge >= 0.3 is 0 Å². The second-order valence-electron chi connectivity index (χ2n) is 21.3. The number of aliphatic hydroxyl groups excluding tert-OH is 3. The summed E-state index contributed by atoms with van der Waals surface area (Å²) in [6.45, 7) is 4.21. The summed E-state index contributed by atoms with van der Waals surface area (Å²) in [5.74, 6) is -0.151. The first-order chi connectivity index (χ1) is 33.1. The SMILES string of the molecule is CCCCCCCCCCCCCC/C=C/CC/C=C/CCCC(O)C(O)C(CO)NC(=O)CCCCCCCCCCCCCCCCCCCCCCCCCCCCCCCCCC. The fraction of sp³-hybridized carbons (Fsp3) is 0.919. The van der Waals surface area contributed by atoms with Crippen LogP contribution in [0, 0.1) is 0 Å². The Morgan fingerprint density at radius 1 is 0.358 bits per heavy atom. The maximum Gasteiger partial charge on any atom is 0.220 e. The van der Waals surface area contributed by atoms with Crippen molar-refractivity contribution in [3.63, 3.8) is 0 Å². The Labute approximate surface area is 420 Å². The van der Waals surface area contributed by atoms with Crippen molar-refractivity contribution in [2.45, 2.75) is 360 Å². The molecule has 0 bridgehead atoms. The third kappa shape index (κ3) is 52.5. The van der Waals surface area contributed by atoms with Gasteiger partial charge in [0.15, 0.2) is 0 Å². The van der Waals surface area contributed by atoms with Crippen molar-refractivity contribution in [1.29, 1.82) is 0 Å². The topological polar surface area (TPSA) is 89.8 Å². The van der Waals surface area contributed by atoms with Gasteiger partial charge in [-0.3, -0.25) is 4.79 Å². The quantitative estimate of drug-likeness (QED) is 0.0361. The minimum Gasteiger partial charge on any atom is -0.394 e. The van der Waals surface area contributed by atoms with Crippen molar-refractivity contribution < 1.29 is 20.1 Å². The molecule has 0 aliphatic carbocycles. The number of amides is 1. The Hall–Kier alpha value is -1.17. The van der Waals surface area contributed by atoms with E-state index < -0.39 is 18.2 Å². The number of carbonyl (C=O) groups is 1. The molecule has 5 nitrogen and oxygen atoms in total. The molecular formula is C62H121NO4. The van der Waals surface area contributed by atoms with Crippen LogP contribution in [-0.4, -0.2) is 46.1 Å². The molecule has 67 heavy (non-hydrogen) atoms. The van der Waals surface area contributed by atoms with E-state index in [1.165, 1.54) is 270 Å². The average molecular weight is 945 g/mol. The summed E-state index contributed by atoms with van der Waals surface area (Å²) >= 11 is 0. The van der Waals surface area contributed by atoms with E-state index in [1.54, 1.807) is 0 Å². The van der Waals surface area contributed by atoms with Crippen molar-refractivity contribution in [2.24, 2.45) is 0 Å². The van der Waals surface area contributed by atoms with Gasteiger partial charge in [-0.15, -0.1) is 0 Å². The van der Waals surface area contributed by atoms with E-state index in [9.17, 15) is 20.1 Å². The molecule has 4 N–H and O–H groups in total. The van der Waals surface area contributed by atoms with E-state index in [2.05, 4.69) is 43.5 Å². The number of allylic oxidation sites excluding steroid dienone is 4. The van der Waals surface area contributed by atoms with Crippen LogP contribution in [0.2, 0.25) is 0 Å². The number of rotatable bonds is 57. The highest BCUT2D eigenvalue weighted by molar-refractivity contribution is 5.76. The molecule has 0 spiro atoms. The number of hydrogen-bond donors (Lipinski definition) is 4. The van der Waals surface area contributed by atoms with Crippen LogP contribution in [0.1, 0.15) is 341 Å². The number of carbonyl (C=O) groups excluding carboxylic acids is 1. The van der Waals surface area contributed by atoms with Crippen LogP contribution in [0.15, 0.2) is 24.3 Å². The molecule has 0 aromatic heterocycles. The Morgan fingerprint density at radius 3 is 0.910 bits per heavy atom. The molecule has 0 aliphatic heterocycles. The molecule has 398 valence electrons. The molecule has 0 heterocycles. The highest BCUT2D eigenvalue weighted by atomic mass is 16.3. The Balaban J connectivity index is 3.51. The first-order valence-electron chi connectivity index (χ1n) is 30.6. The predicted molar refractivity (Wildman–Crippen MR) is 296 cm³/mol. The maximum absolute atomic E-state index is 12.5. The van der Waals surface area contributed by atoms with Crippen molar-refractivity contribution in [1.82, 2.24) is 5.32 Å². The minimum absolute atomic E-state index is 0.151. The van der Waals surface area contributed by atoms with Crippen LogP contribution in [0.3, 0.4) is 0 Å². The molecule has 0 radical (unpaired) electrons. The molecule has 0 aromatic carbocycles. The van der Waals surface area contributed by atoms with Crippen LogP contribution in [0.4, 0.5) is 0 Å². The van der Waals surface area contributed by atoms with Gasteiger partial charge in [-0.25, -0.2) is 0 Å². The van der Waals surface area contributed by atoms with Gasteiger partial charge in [0.25, 0.3) is 0 Å². The summed E-state index contributed by atoms with van der Waals surface area (Å²) in [7, 11) is 0. The van der Waals surface area contributed by atoms with Crippen LogP contribution >= 0.6 is 0 Å². The van der Waals surface area contributed by atoms with Gasteiger partial charge in [0.05, 0.1) is 18.8 Å². The highest BCUT2D eigenvalue weighted by Crippen LogP contribution is 2.18. The Kier molecular flexibility index (Phi) is 56.4. The lowest BCUT2D eigenvalue weighted by Gasteiger charge is -2.26. The molecule has 0 saturated carbocycles. The highest BCUT2D eigenvalue weighted by Gasteiger charge is 2.26. The monoisotopic (exact) mass is 944 g/mol. The molecule has 3 atom stereocenters. The lowest BCUT2D eigenvalue weighted by atomic mass is 10.0. The number of aliphatic hydroxyl groups is 3. The molecule has 0 rings (SSSR count). The Morgan fingerprint density at radius 2 is 0.612 bits per heavy atom. The standard InChI is InChI=1S/C62H121NO4/c1-3-5-7-9-11-13-15-17-19-21-23-25-26-27-28-29-30-31-32-33-34-35-37-39-41-43-45-47-49-51-53-55-57-61(66)63-59(58-64)62(67)60(65)56-54-52-50-48-46-44-42-40-38-36-24-22-20-18-16-14-12-10-8-6-4-2/h40,42,48,50,59-60,62,64-65,67H,3-39,41,43-47,49,51-58H2,1-2H3,(H,63,66)/b42-40+,50-48+. The normalized spacial score (nSPS) is 13.3. The van der Waals surface area contributed by atoms with Crippen LogP contribution < -0.4 is 5.32 Å². The molecule has 0 fully saturated rings. The molecule has 5 heteroatoms. The largest absolute Gasteiger partial charge is 0.394 e. The third-order valence-electron chi connectivity index (χ3n) is 14.5. The van der Waals surface area contributed by atoms with Crippen LogP contribution in [-0.2, 0) is 4.79 Å². The van der Waals surface area contributed by atoms with Crippen molar-refractivity contribution >= 4 is 5.91 Å². The summed E-state index contributed by atoms with van der Waals surface area (Å²) in [6.07, 6.45) is 73.6. The van der Waals surface area contributed by atoms with Gasteiger partial charge in [-0.05, 0) is 51.4 Å². The molecule has 0 aromatic rings. The number of hydrogen-bond acceptors (Lipinski definition) is 4. The molecule has 0 saturated heterocycles. The van der Waals surface area contributed by atoms with Gasteiger partial charge in [0, 0.05) is 6.42 Å². The van der Waals surface area contributed by atoms with Gasteiger partial charge in [0.1, 0.15) is 6.10 Å². The van der Waals surface area contributed by atoms with E-state index in [-0.39, 0.29) is 12.5 Å². The average Bonchev–Trinajstić information content (AvgIpc) is 3.33. The fourth-order valence-corrected chi connectivity index (χ4v) is 9.83. The molecule has 0 aliphatic rings. The predicted octanol–water partition coefficient (Wildman–Crippen LogP) is 19.2. The van der Waals surface area contributed by atoms with E-state index >= 15 is 0 Å². The third-order valence-corrected chi connectivity index (χ3v) is 14.5. The van der Waals surface area contributed by atoms with Crippen LogP contribution in [0.25, 0.3) is 0 Å². The summed E-state index contributed by atoms with van der Waals surface area (Å²) in [5.41, 5.74) is 0. The zero-order valence-corrected chi connectivity index (χ0v) is 45.6. The number of unbranched alkanes of at least 4 members (excludes halogenated alkanes) is 45. The van der Waals surface area contributed by atoms with E-state index in [0.29, 0.717) is 12.8 Å². The zero-order valence-electron chi connectivity index (χ0n) is 45.6. The van der Waals surface area contributed by atoms with Crippen molar-refractivity contribution in [2.75, 3.05) is 6.61 Å². The first kappa shape index (κ1) is 65.8. The van der Waals surface area contributed by atoms with Gasteiger partial charge in [-0.2, -0.15) is 0 Å². The molecule has 3 unspecified atom stereocenters. The van der Waals surface area contributed by atoms with E-state index in [4.69, 9.17) is 0 Å². The van der Waals surface area contributed by atoms with Gasteiger partial charge < -0.3 is 20.6 Å². The van der Waals surface area contributed by atoms with Gasteiger partial charge in [0.2, 0.25) is 5.91 Å². The van der Waals surface area contributed by atoms with Gasteiger partial charge in [-0.1, -0.05) is 308 Å². The van der Waals surface area contributed by atoms with Crippen LogP contribution in [0.5, 0.6) is 0 Å². The first-order valence-corrected chi connectivity index (χ1v) is 30.6.